The molecule has 6 rings (SSSR count). The molecule has 0 aromatic heterocycles. The number of nitrogens with zero attached hydrogens (tertiary/aromatic N) is 2. The molecule has 0 unspecified atom stereocenters. The maximum Gasteiger partial charge on any atom is 0.246 e. The van der Waals surface area contributed by atoms with Gasteiger partial charge in [-0.3, -0.25) is 14.4 Å². The average Bonchev–Trinajstić information content (AvgIpc) is 3.58. The lowest BCUT2D eigenvalue weighted by molar-refractivity contribution is -0.141. The summed E-state index contributed by atoms with van der Waals surface area (Å²) >= 11 is 6.01. The third kappa shape index (κ3) is 5.19. The zero-order chi connectivity index (χ0) is 27.9. The molecule has 5 aliphatic rings. The summed E-state index contributed by atoms with van der Waals surface area (Å²) in [5.41, 5.74) is -0.512. The van der Waals surface area contributed by atoms with Crippen molar-refractivity contribution in [2.75, 3.05) is 31.5 Å². The van der Waals surface area contributed by atoms with Gasteiger partial charge >= 0.3 is 0 Å². The van der Waals surface area contributed by atoms with Crippen LogP contribution in [0, 0.1) is 17.8 Å². The van der Waals surface area contributed by atoms with Crippen molar-refractivity contribution in [3.05, 3.63) is 41.4 Å². The zero-order valence-corrected chi connectivity index (χ0v) is 24.1. The molecule has 0 radical (unpaired) electrons. The molecule has 2 bridgehead atoms. The third-order valence-corrected chi connectivity index (χ3v) is 9.85. The summed E-state index contributed by atoms with van der Waals surface area (Å²) < 4.78 is 6.48. The fourth-order valence-corrected chi connectivity index (χ4v) is 7.87. The Morgan fingerprint density at radius 1 is 1.05 bits per heavy atom. The van der Waals surface area contributed by atoms with Crippen molar-refractivity contribution in [2.24, 2.45) is 17.8 Å². The molecular weight excluding hydrogens is 528 g/mol. The molecule has 6 atom stereocenters. The largest absolute Gasteiger partial charge is 0.359 e. The number of halogens is 1. The second-order valence-electron chi connectivity index (χ2n) is 12.5. The lowest BCUT2D eigenvalue weighted by Gasteiger charge is -2.35. The van der Waals surface area contributed by atoms with Gasteiger partial charge in [0.15, 0.2) is 0 Å². The molecule has 1 aromatic rings. The van der Waals surface area contributed by atoms with Crippen molar-refractivity contribution in [1.82, 2.24) is 15.1 Å². The number of fused-ring (bicyclic) bond motifs is 1. The summed E-state index contributed by atoms with van der Waals surface area (Å²) in [4.78, 5) is 45.9. The number of hydrogen-bond acceptors (Lipinski definition) is 5. The monoisotopic (exact) mass is 568 g/mol. The van der Waals surface area contributed by atoms with E-state index < -0.39 is 29.6 Å². The van der Waals surface area contributed by atoms with E-state index in [4.69, 9.17) is 16.3 Å². The predicted octanol–water partition coefficient (Wildman–Crippen LogP) is 4.00. The van der Waals surface area contributed by atoms with Crippen LogP contribution in [0.1, 0.15) is 58.3 Å². The molecule has 8 nitrogen and oxygen atoms in total. The highest BCUT2D eigenvalue weighted by Crippen LogP contribution is 2.55. The van der Waals surface area contributed by atoms with Crippen LogP contribution in [0.25, 0.3) is 0 Å². The highest BCUT2D eigenvalue weighted by molar-refractivity contribution is 6.30. The van der Waals surface area contributed by atoms with Crippen LogP contribution in [0.2, 0.25) is 5.02 Å². The normalized spacial score (nSPS) is 33.8. The first-order valence-electron chi connectivity index (χ1n) is 15.1. The van der Waals surface area contributed by atoms with Crippen LogP contribution in [0.15, 0.2) is 36.4 Å². The summed E-state index contributed by atoms with van der Waals surface area (Å²) in [7, 11) is 0. The highest BCUT2D eigenvalue weighted by Gasteiger charge is 2.72. The summed E-state index contributed by atoms with van der Waals surface area (Å²) in [6.45, 7) is 5.81. The molecule has 1 spiro atoms. The second-order valence-corrected chi connectivity index (χ2v) is 12.9. The Bertz CT molecular complexity index is 1150. The molecule has 1 aromatic carbocycles. The van der Waals surface area contributed by atoms with Crippen LogP contribution in [0.4, 0.5) is 5.69 Å². The van der Waals surface area contributed by atoms with E-state index in [-0.39, 0.29) is 23.8 Å². The van der Waals surface area contributed by atoms with Gasteiger partial charge in [0.25, 0.3) is 0 Å². The number of carbonyl (C=O) groups is 3. The number of amides is 3. The van der Waals surface area contributed by atoms with Crippen molar-refractivity contribution in [1.29, 1.82) is 0 Å². The Labute approximate surface area is 241 Å². The van der Waals surface area contributed by atoms with Crippen LogP contribution in [-0.2, 0) is 19.1 Å². The van der Waals surface area contributed by atoms with Crippen molar-refractivity contribution in [3.63, 3.8) is 0 Å². The number of hydrogen-bond donors (Lipinski definition) is 2. The average molecular weight is 569 g/mol. The molecule has 9 heteroatoms. The molecule has 2 N–H and O–H groups in total. The van der Waals surface area contributed by atoms with Gasteiger partial charge < -0.3 is 25.2 Å². The Balaban J connectivity index is 1.23. The molecule has 4 aliphatic heterocycles. The van der Waals surface area contributed by atoms with E-state index in [1.807, 2.05) is 12.2 Å². The SMILES string of the molecule is C[C@@H]1CCCN(CCCN2C(=O)[C@@H]3[C@H](C(=O)Nc4ccc(Cl)cc4)[C@@H]4C=C[C@@]3(O4)[C@H]2C(=O)NC2CCCCC2)C1. The van der Waals surface area contributed by atoms with Gasteiger partial charge in [-0.1, -0.05) is 49.9 Å². The van der Waals surface area contributed by atoms with Gasteiger partial charge in [0.05, 0.1) is 17.9 Å². The summed E-state index contributed by atoms with van der Waals surface area (Å²) in [6.07, 6.45) is 11.8. The van der Waals surface area contributed by atoms with E-state index in [1.165, 1.54) is 19.3 Å². The standard InChI is InChI=1S/C31H41ClN4O4/c1-20-7-5-16-35(19-20)17-6-18-36-27(29(38)34-22-8-3-2-4-9-22)31-15-14-24(40-31)25(26(31)30(36)39)28(37)33-23-12-10-21(32)11-13-23/h10-15,20,22,24-27H,2-9,16-19H2,1H3,(H,33,37)(H,34,38)/t20-,24+,25-,26+,27-,31+/m1/s1. The van der Waals surface area contributed by atoms with Crippen LogP contribution in [0.3, 0.4) is 0 Å². The first-order valence-corrected chi connectivity index (χ1v) is 15.5. The van der Waals surface area contributed by atoms with Crippen molar-refractivity contribution < 1.29 is 19.1 Å². The number of carbonyl (C=O) groups excluding carboxylic acids is 3. The molecule has 3 amide bonds. The van der Waals surface area contributed by atoms with Crippen LogP contribution in [0.5, 0.6) is 0 Å². The Morgan fingerprint density at radius 3 is 2.58 bits per heavy atom. The maximum absolute atomic E-state index is 14.1. The highest BCUT2D eigenvalue weighted by atomic mass is 35.5. The van der Waals surface area contributed by atoms with E-state index in [2.05, 4.69) is 22.5 Å². The smallest absolute Gasteiger partial charge is 0.246 e. The Hall–Kier alpha value is -2.42. The predicted molar refractivity (Wildman–Crippen MR) is 154 cm³/mol. The van der Waals surface area contributed by atoms with Gasteiger partial charge in [-0.25, -0.2) is 0 Å². The summed E-state index contributed by atoms with van der Waals surface area (Å²) in [5.74, 6) is -1.33. The molecular formula is C31H41ClN4O4. The van der Waals surface area contributed by atoms with Gasteiger partial charge in [-0.2, -0.15) is 0 Å². The lowest BCUT2D eigenvalue weighted by atomic mass is 9.74. The number of piperidine rings is 1. The van der Waals surface area contributed by atoms with E-state index in [0.29, 0.717) is 23.2 Å². The lowest BCUT2D eigenvalue weighted by Crippen LogP contribution is -2.56. The van der Waals surface area contributed by atoms with Gasteiger partial charge in [0.2, 0.25) is 17.7 Å². The maximum atomic E-state index is 14.1. The van der Waals surface area contributed by atoms with Gasteiger partial charge in [0, 0.05) is 29.8 Å². The zero-order valence-electron chi connectivity index (χ0n) is 23.3. The minimum atomic E-state index is -1.12. The van der Waals surface area contributed by atoms with Crippen LogP contribution in [-0.4, -0.2) is 77.5 Å². The number of likely N-dealkylation sites (tertiary alicyclic amines) is 2. The quantitative estimate of drug-likeness (QED) is 0.463. The Morgan fingerprint density at radius 2 is 1.82 bits per heavy atom. The minimum absolute atomic E-state index is 0.120. The fourth-order valence-electron chi connectivity index (χ4n) is 7.75. The number of benzene rings is 1. The molecule has 4 heterocycles. The van der Waals surface area contributed by atoms with Crippen molar-refractivity contribution in [2.45, 2.75) is 82.1 Å². The van der Waals surface area contributed by atoms with E-state index in [1.54, 1.807) is 29.2 Å². The van der Waals surface area contributed by atoms with Crippen molar-refractivity contribution in [3.8, 4) is 0 Å². The van der Waals surface area contributed by atoms with E-state index in [0.717, 1.165) is 51.7 Å². The number of nitrogens with one attached hydrogen (secondary N) is 2. The van der Waals surface area contributed by atoms with Gasteiger partial charge in [-0.15, -0.1) is 0 Å². The topological polar surface area (TPSA) is 91.0 Å². The number of rotatable bonds is 8. The van der Waals surface area contributed by atoms with Crippen LogP contribution >= 0.6 is 11.6 Å². The van der Waals surface area contributed by atoms with Gasteiger partial charge in [-0.05, 0) is 75.4 Å². The summed E-state index contributed by atoms with van der Waals surface area (Å²) in [5, 5.41) is 6.80. The van der Waals surface area contributed by atoms with Crippen molar-refractivity contribution >= 4 is 35.0 Å². The molecule has 216 valence electrons. The number of ether oxygens (including phenoxy) is 1. The summed E-state index contributed by atoms with van der Waals surface area (Å²) in [6, 6.07) is 6.26. The van der Waals surface area contributed by atoms with Gasteiger partial charge in [0.1, 0.15) is 11.6 Å². The molecule has 4 fully saturated rings. The Kier molecular flexibility index (Phi) is 7.94. The molecule has 40 heavy (non-hydrogen) atoms. The van der Waals surface area contributed by atoms with E-state index in [9.17, 15) is 14.4 Å². The fraction of sp³-hybridized carbons (Fsp3) is 0.645. The first kappa shape index (κ1) is 27.7. The molecule has 3 saturated heterocycles. The molecule has 1 aliphatic carbocycles. The van der Waals surface area contributed by atoms with E-state index >= 15 is 0 Å². The second kappa shape index (κ2) is 11.5. The third-order valence-electron chi connectivity index (χ3n) is 9.60. The first-order chi connectivity index (χ1) is 19.4. The number of anilines is 1. The minimum Gasteiger partial charge on any atom is -0.359 e. The van der Waals surface area contributed by atoms with Crippen LogP contribution < -0.4 is 10.6 Å². The molecule has 1 saturated carbocycles.